The first-order chi connectivity index (χ1) is 17.6. The van der Waals surface area contributed by atoms with Gasteiger partial charge in [0.05, 0.1) is 6.21 Å². The van der Waals surface area contributed by atoms with Gasteiger partial charge in [0.1, 0.15) is 13.2 Å². The topological polar surface area (TPSA) is 88.1 Å². The zero-order chi connectivity index (χ0) is 25.6. The lowest BCUT2D eigenvalue weighted by Crippen LogP contribution is -2.25. The van der Waals surface area contributed by atoms with Crippen LogP contribution in [0.5, 0.6) is 5.88 Å². The Morgan fingerprint density at radius 1 is 1.00 bits per heavy atom. The maximum absolute atomic E-state index is 12.0. The molecule has 1 heterocycles. The van der Waals surface area contributed by atoms with Crippen molar-refractivity contribution in [1.82, 2.24) is 4.98 Å². The first-order valence-electron chi connectivity index (χ1n) is 12.3. The summed E-state index contributed by atoms with van der Waals surface area (Å²) < 4.78 is 11.1. The largest absolute Gasteiger partial charge is 0.474 e. The van der Waals surface area contributed by atoms with Crippen molar-refractivity contribution >= 4 is 29.5 Å². The van der Waals surface area contributed by atoms with Crippen molar-refractivity contribution in [1.29, 1.82) is 0 Å². The Bertz CT molecular complexity index is 1120. The predicted octanol–water partition coefficient (Wildman–Crippen LogP) is 6.09. The summed E-state index contributed by atoms with van der Waals surface area (Å²) in [5.74, 6) is 1.01. The molecular formula is C28H35N5O3. The Labute approximate surface area is 213 Å². The molecule has 3 aromatic rings. The molecule has 0 atom stereocenters. The molecule has 0 radical (unpaired) electrons. The number of ether oxygens (including phenoxy) is 2. The number of carbonyl (C=O) groups is 1. The van der Waals surface area contributed by atoms with Crippen LogP contribution in [0.2, 0.25) is 0 Å². The van der Waals surface area contributed by atoms with E-state index in [2.05, 4.69) is 45.6 Å². The SMILES string of the molecule is CCCN(CCC)c1cc(N/N=C/c2cccc(C)c2)nc(OCCOC(=O)Nc2ccccc2)c1. The van der Waals surface area contributed by atoms with Crippen LogP contribution in [0, 0.1) is 6.92 Å². The van der Waals surface area contributed by atoms with Gasteiger partial charge in [0.15, 0.2) is 5.82 Å². The number of benzene rings is 2. The van der Waals surface area contributed by atoms with Gasteiger partial charge in [-0.3, -0.25) is 10.7 Å². The van der Waals surface area contributed by atoms with E-state index in [0.717, 1.165) is 37.2 Å². The van der Waals surface area contributed by atoms with Crippen LogP contribution in [0.1, 0.15) is 37.8 Å². The lowest BCUT2D eigenvalue weighted by Gasteiger charge is -2.24. The van der Waals surface area contributed by atoms with E-state index < -0.39 is 6.09 Å². The van der Waals surface area contributed by atoms with E-state index >= 15 is 0 Å². The van der Waals surface area contributed by atoms with E-state index in [1.165, 1.54) is 5.56 Å². The zero-order valence-electron chi connectivity index (χ0n) is 21.2. The van der Waals surface area contributed by atoms with Gasteiger partial charge in [0, 0.05) is 36.6 Å². The average Bonchev–Trinajstić information content (AvgIpc) is 2.87. The molecule has 0 saturated carbocycles. The number of para-hydroxylation sites is 1. The molecule has 0 unspecified atom stereocenters. The van der Waals surface area contributed by atoms with Crippen LogP contribution in [0.4, 0.5) is 22.0 Å². The molecular weight excluding hydrogens is 454 g/mol. The van der Waals surface area contributed by atoms with E-state index in [0.29, 0.717) is 17.4 Å². The fraction of sp³-hybridized carbons (Fsp3) is 0.321. The summed E-state index contributed by atoms with van der Waals surface area (Å²) in [6, 6.07) is 21.1. The van der Waals surface area contributed by atoms with Gasteiger partial charge in [-0.1, -0.05) is 61.9 Å². The smallest absolute Gasteiger partial charge is 0.411 e. The minimum atomic E-state index is -0.531. The van der Waals surface area contributed by atoms with Crippen LogP contribution in [0.3, 0.4) is 0 Å². The fourth-order valence-electron chi connectivity index (χ4n) is 3.59. The predicted molar refractivity (Wildman–Crippen MR) is 146 cm³/mol. The Morgan fingerprint density at radius 2 is 1.78 bits per heavy atom. The molecule has 36 heavy (non-hydrogen) atoms. The summed E-state index contributed by atoms with van der Waals surface area (Å²) in [7, 11) is 0. The van der Waals surface area contributed by atoms with Crippen molar-refractivity contribution in [3.05, 3.63) is 77.9 Å². The number of aromatic nitrogens is 1. The van der Waals surface area contributed by atoms with Crippen molar-refractivity contribution in [2.24, 2.45) is 5.10 Å². The molecule has 0 fully saturated rings. The third-order valence-electron chi connectivity index (χ3n) is 5.16. The molecule has 0 bridgehead atoms. The van der Waals surface area contributed by atoms with Gasteiger partial charge in [-0.15, -0.1) is 0 Å². The highest BCUT2D eigenvalue weighted by Crippen LogP contribution is 2.24. The van der Waals surface area contributed by atoms with Crippen LogP contribution in [-0.2, 0) is 4.74 Å². The number of hydrazone groups is 1. The number of amides is 1. The quantitative estimate of drug-likeness (QED) is 0.172. The average molecular weight is 490 g/mol. The third-order valence-corrected chi connectivity index (χ3v) is 5.16. The monoisotopic (exact) mass is 489 g/mol. The van der Waals surface area contributed by atoms with Crippen LogP contribution in [0.15, 0.2) is 71.8 Å². The third kappa shape index (κ3) is 8.94. The maximum atomic E-state index is 12.0. The van der Waals surface area contributed by atoms with Crippen LogP contribution < -0.4 is 20.4 Å². The summed E-state index contributed by atoms with van der Waals surface area (Å²) in [6.07, 6.45) is 3.28. The molecule has 0 spiro atoms. The van der Waals surface area contributed by atoms with Gasteiger partial charge in [-0.25, -0.2) is 4.79 Å². The van der Waals surface area contributed by atoms with Crippen molar-refractivity contribution in [2.75, 3.05) is 41.9 Å². The van der Waals surface area contributed by atoms with E-state index in [1.54, 1.807) is 18.3 Å². The number of carbonyl (C=O) groups excluding carboxylic acids is 1. The van der Waals surface area contributed by atoms with Gasteiger partial charge >= 0.3 is 6.09 Å². The highest BCUT2D eigenvalue weighted by molar-refractivity contribution is 5.84. The fourth-order valence-corrected chi connectivity index (χ4v) is 3.59. The molecule has 1 aromatic heterocycles. The number of rotatable bonds is 13. The molecule has 8 heteroatoms. The molecule has 8 nitrogen and oxygen atoms in total. The van der Waals surface area contributed by atoms with Crippen molar-refractivity contribution in [2.45, 2.75) is 33.6 Å². The molecule has 2 aromatic carbocycles. The number of anilines is 3. The van der Waals surface area contributed by atoms with E-state index in [4.69, 9.17) is 9.47 Å². The first-order valence-corrected chi connectivity index (χ1v) is 12.3. The minimum Gasteiger partial charge on any atom is -0.474 e. The lowest BCUT2D eigenvalue weighted by molar-refractivity contribution is 0.136. The van der Waals surface area contributed by atoms with E-state index in [1.807, 2.05) is 55.5 Å². The lowest BCUT2D eigenvalue weighted by atomic mass is 10.2. The van der Waals surface area contributed by atoms with Crippen LogP contribution in [-0.4, -0.2) is 43.6 Å². The molecule has 1 amide bonds. The molecule has 0 aliphatic heterocycles. The number of nitrogens with zero attached hydrogens (tertiary/aromatic N) is 3. The summed E-state index contributed by atoms with van der Waals surface area (Å²) in [5.41, 5.74) is 6.87. The molecule has 0 aliphatic carbocycles. The second kappa shape index (κ2) is 14.4. The maximum Gasteiger partial charge on any atom is 0.411 e. The molecule has 2 N–H and O–H groups in total. The number of nitrogens with one attached hydrogen (secondary N) is 2. The number of hydrogen-bond acceptors (Lipinski definition) is 7. The zero-order valence-corrected chi connectivity index (χ0v) is 21.2. The van der Waals surface area contributed by atoms with Crippen LogP contribution in [0.25, 0.3) is 0 Å². The second-order valence-electron chi connectivity index (χ2n) is 8.30. The Morgan fingerprint density at radius 3 is 2.50 bits per heavy atom. The number of aryl methyl sites for hydroxylation is 1. The molecule has 0 aliphatic rings. The Hall–Kier alpha value is -4.07. The summed E-state index contributed by atoms with van der Waals surface area (Å²) in [6.45, 7) is 8.47. The minimum absolute atomic E-state index is 0.0898. The summed E-state index contributed by atoms with van der Waals surface area (Å²) in [5, 5.41) is 7.03. The second-order valence-corrected chi connectivity index (χ2v) is 8.30. The summed E-state index contributed by atoms with van der Waals surface area (Å²) >= 11 is 0. The van der Waals surface area contributed by atoms with Crippen molar-refractivity contribution in [3.63, 3.8) is 0 Å². The molecule has 3 rings (SSSR count). The van der Waals surface area contributed by atoms with Crippen LogP contribution >= 0.6 is 0 Å². The van der Waals surface area contributed by atoms with Gasteiger partial charge in [0.25, 0.3) is 0 Å². The van der Waals surface area contributed by atoms with Gasteiger partial charge in [-0.2, -0.15) is 10.1 Å². The Balaban J connectivity index is 1.64. The Kier molecular flexibility index (Phi) is 10.6. The van der Waals surface area contributed by atoms with E-state index in [9.17, 15) is 4.79 Å². The number of pyridine rings is 1. The van der Waals surface area contributed by atoms with Gasteiger partial charge in [-0.05, 0) is 37.5 Å². The van der Waals surface area contributed by atoms with Gasteiger partial charge < -0.3 is 14.4 Å². The van der Waals surface area contributed by atoms with Crippen molar-refractivity contribution in [3.8, 4) is 5.88 Å². The highest BCUT2D eigenvalue weighted by atomic mass is 16.6. The normalized spacial score (nSPS) is 10.8. The standard InChI is InChI=1S/C28H35N5O3/c1-4-14-33(15-5-2)25-19-26(32-29-21-23-11-9-10-22(3)18-23)31-27(20-25)35-16-17-36-28(34)30-24-12-7-6-8-13-24/h6-13,18-21H,4-5,14-17H2,1-3H3,(H,30,34)(H,31,32)/b29-21+. The highest BCUT2D eigenvalue weighted by Gasteiger charge is 2.11. The van der Waals surface area contributed by atoms with Crippen molar-refractivity contribution < 1.29 is 14.3 Å². The van der Waals surface area contributed by atoms with E-state index in [-0.39, 0.29) is 13.2 Å². The molecule has 190 valence electrons. The first kappa shape index (κ1) is 26.5. The van der Waals surface area contributed by atoms with Gasteiger partial charge in [0.2, 0.25) is 5.88 Å². The summed E-state index contributed by atoms with van der Waals surface area (Å²) in [4.78, 5) is 18.8. The number of hydrogen-bond donors (Lipinski definition) is 2. The molecule has 0 saturated heterocycles.